The van der Waals surface area contributed by atoms with Crippen LogP contribution in [0.15, 0.2) is 42.6 Å². The van der Waals surface area contributed by atoms with Crippen LogP contribution >= 0.6 is 12.2 Å². The first kappa shape index (κ1) is 15.7. The number of nitrogens with zero attached hydrogens (tertiary/aromatic N) is 2. The lowest BCUT2D eigenvalue weighted by Crippen LogP contribution is -2.13. The van der Waals surface area contributed by atoms with Crippen molar-refractivity contribution in [3.63, 3.8) is 0 Å². The summed E-state index contributed by atoms with van der Waals surface area (Å²) in [6, 6.07) is 12.7. The van der Waals surface area contributed by atoms with Crippen molar-refractivity contribution in [2.75, 3.05) is 0 Å². The van der Waals surface area contributed by atoms with Crippen molar-refractivity contribution >= 4 is 22.9 Å². The van der Waals surface area contributed by atoms with E-state index in [2.05, 4.69) is 61.6 Å². The number of benzene rings is 1. The van der Waals surface area contributed by atoms with E-state index in [1.54, 1.807) is 0 Å². The molecule has 3 aromatic rings. The Kier molecular flexibility index (Phi) is 4.18. The van der Waals surface area contributed by atoms with Crippen LogP contribution in [0, 0.1) is 6.92 Å². The molecule has 0 amide bonds. The van der Waals surface area contributed by atoms with Crippen molar-refractivity contribution < 1.29 is 0 Å². The van der Waals surface area contributed by atoms with Crippen LogP contribution < -0.4 is 5.73 Å². The largest absolute Gasteiger partial charge is 0.393 e. The van der Waals surface area contributed by atoms with E-state index in [1.807, 2.05) is 6.20 Å². The highest BCUT2D eigenvalue weighted by Crippen LogP contribution is 2.27. The lowest BCUT2D eigenvalue weighted by Gasteiger charge is -2.07. The molecule has 0 bridgehead atoms. The number of aromatic nitrogens is 2. The molecule has 0 saturated carbocycles. The predicted octanol–water partition coefficient (Wildman–Crippen LogP) is 4.26. The molecule has 0 atom stereocenters. The summed E-state index contributed by atoms with van der Waals surface area (Å²) < 4.78 is 2.08. The summed E-state index contributed by atoms with van der Waals surface area (Å²) in [7, 11) is 0. The van der Waals surface area contributed by atoms with E-state index in [1.165, 1.54) is 11.1 Å². The van der Waals surface area contributed by atoms with Crippen LogP contribution in [0.2, 0.25) is 0 Å². The second-order valence-electron chi connectivity index (χ2n) is 6.26. The summed E-state index contributed by atoms with van der Waals surface area (Å²) in [5.41, 5.74) is 12.3. The van der Waals surface area contributed by atoms with Crippen LogP contribution in [0.25, 0.3) is 16.9 Å². The first-order valence-electron chi connectivity index (χ1n) is 7.82. The molecule has 0 aliphatic carbocycles. The zero-order valence-electron chi connectivity index (χ0n) is 13.7. The lowest BCUT2D eigenvalue weighted by atomic mass is 10.00. The monoisotopic (exact) mass is 323 g/mol. The Morgan fingerprint density at radius 3 is 2.52 bits per heavy atom. The molecule has 3 nitrogen and oxygen atoms in total. The Labute approximate surface area is 142 Å². The Hall–Kier alpha value is -2.20. The van der Waals surface area contributed by atoms with Crippen LogP contribution in [0.5, 0.6) is 0 Å². The van der Waals surface area contributed by atoms with Crippen LogP contribution in [-0.2, 0) is 6.42 Å². The Morgan fingerprint density at radius 2 is 1.91 bits per heavy atom. The molecule has 4 heteroatoms. The highest BCUT2D eigenvalue weighted by atomic mass is 32.1. The van der Waals surface area contributed by atoms with E-state index in [0.717, 1.165) is 22.6 Å². The number of pyridine rings is 1. The quantitative estimate of drug-likeness (QED) is 0.730. The number of thiocarbonyl (C=S) groups is 1. The van der Waals surface area contributed by atoms with E-state index in [-0.39, 0.29) is 0 Å². The van der Waals surface area contributed by atoms with Gasteiger partial charge in [0.15, 0.2) is 0 Å². The van der Waals surface area contributed by atoms with Crippen LogP contribution in [0.1, 0.15) is 36.6 Å². The van der Waals surface area contributed by atoms with Gasteiger partial charge in [0.2, 0.25) is 0 Å². The van der Waals surface area contributed by atoms with Gasteiger partial charge < -0.3 is 10.1 Å². The SMILES string of the molecule is Cc1ccn2c(CC(N)=S)c(-c3ccc(C(C)C)cc3)nc2c1. The van der Waals surface area contributed by atoms with Gasteiger partial charge in [-0.1, -0.05) is 50.3 Å². The molecule has 0 spiro atoms. The second-order valence-corrected chi connectivity index (χ2v) is 6.78. The molecule has 0 saturated heterocycles. The van der Waals surface area contributed by atoms with Crippen molar-refractivity contribution in [3.05, 3.63) is 59.4 Å². The van der Waals surface area contributed by atoms with Crippen molar-refractivity contribution in [2.24, 2.45) is 5.73 Å². The number of nitrogens with two attached hydrogens (primary N) is 1. The number of hydrogen-bond donors (Lipinski definition) is 1. The van der Waals surface area contributed by atoms with Gasteiger partial charge in [-0.25, -0.2) is 4.98 Å². The molecular formula is C19H21N3S. The maximum Gasteiger partial charge on any atom is 0.137 e. The molecule has 0 aliphatic rings. The third-order valence-electron chi connectivity index (χ3n) is 4.07. The molecule has 0 unspecified atom stereocenters. The number of rotatable bonds is 4. The smallest absolute Gasteiger partial charge is 0.137 e. The van der Waals surface area contributed by atoms with Crippen LogP contribution in [-0.4, -0.2) is 14.4 Å². The van der Waals surface area contributed by atoms with Gasteiger partial charge in [0.25, 0.3) is 0 Å². The predicted molar refractivity (Wildman–Crippen MR) is 99.9 cm³/mol. The fourth-order valence-electron chi connectivity index (χ4n) is 2.79. The molecule has 2 aromatic heterocycles. The fourth-order valence-corrected chi connectivity index (χ4v) is 2.93. The zero-order valence-corrected chi connectivity index (χ0v) is 14.5. The highest BCUT2D eigenvalue weighted by molar-refractivity contribution is 7.80. The van der Waals surface area contributed by atoms with E-state index < -0.39 is 0 Å². The van der Waals surface area contributed by atoms with Crippen molar-refractivity contribution in [1.82, 2.24) is 9.38 Å². The topological polar surface area (TPSA) is 43.3 Å². The first-order chi connectivity index (χ1) is 11.0. The van der Waals surface area contributed by atoms with E-state index in [9.17, 15) is 0 Å². The van der Waals surface area contributed by atoms with E-state index in [0.29, 0.717) is 17.3 Å². The summed E-state index contributed by atoms with van der Waals surface area (Å²) in [6.07, 6.45) is 2.58. The Morgan fingerprint density at radius 1 is 1.22 bits per heavy atom. The van der Waals surface area contributed by atoms with Crippen molar-refractivity contribution in [1.29, 1.82) is 0 Å². The van der Waals surface area contributed by atoms with Crippen molar-refractivity contribution in [3.8, 4) is 11.3 Å². The van der Waals surface area contributed by atoms with Crippen molar-refractivity contribution in [2.45, 2.75) is 33.1 Å². The summed E-state index contributed by atoms with van der Waals surface area (Å²) in [5, 5.41) is 0. The summed E-state index contributed by atoms with van der Waals surface area (Å²) >= 11 is 5.13. The van der Waals surface area contributed by atoms with Gasteiger partial charge >= 0.3 is 0 Å². The number of fused-ring (bicyclic) bond motifs is 1. The van der Waals surface area contributed by atoms with Crippen LogP contribution in [0.4, 0.5) is 0 Å². The normalized spacial score (nSPS) is 11.3. The Bertz CT molecular complexity index is 860. The first-order valence-corrected chi connectivity index (χ1v) is 8.22. The molecule has 0 fully saturated rings. The Balaban J connectivity index is 2.16. The number of imidazole rings is 1. The van der Waals surface area contributed by atoms with E-state index in [4.69, 9.17) is 22.9 Å². The molecule has 2 N–H and O–H groups in total. The minimum absolute atomic E-state index is 0.479. The molecule has 0 radical (unpaired) electrons. The van der Waals surface area contributed by atoms with E-state index >= 15 is 0 Å². The average molecular weight is 323 g/mol. The van der Waals surface area contributed by atoms with Gasteiger partial charge in [0.1, 0.15) is 5.65 Å². The third-order valence-corrected chi connectivity index (χ3v) is 4.22. The van der Waals surface area contributed by atoms with Gasteiger partial charge in [-0.15, -0.1) is 0 Å². The molecule has 1 aromatic carbocycles. The van der Waals surface area contributed by atoms with Gasteiger partial charge in [-0.2, -0.15) is 0 Å². The molecule has 2 heterocycles. The molecule has 3 rings (SSSR count). The van der Waals surface area contributed by atoms with Crippen LogP contribution in [0.3, 0.4) is 0 Å². The maximum absolute atomic E-state index is 5.81. The fraction of sp³-hybridized carbons (Fsp3) is 0.263. The second kappa shape index (κ2) is 6.13. The molecule has 23 heavy (non-hydrogen) atoms. The number of hydrogen-bond acceptors (Lipinski definition) is 2. The average Bonchev–Trinajstić information content (AvgIpc) is 2.84. The lowest BCUT2D eigenvalue weighted by molar-refractivity contribution is 0.867. The minimum Gasteiger partial charge on any atom is -0.393 e. The van der Waals surface area contributed by atoms with Gasteiger partial charge in [-0.3, -0.25) is 0 Å². The maximum atomic E-state index is 5.81. The zero-order chi connectivity index (χ0) is 16.6. The number of aryl methyl sites for hydroxylation is 1. The summed E-state index contributed by atoms with van der Waals surface area (Å²) in [6.45, 7) is 6.46. The highest BCUT2D eigenvalue weighted by Gasteiger charge is 2.15. The van der Waals surface area contributed by atoms with Gasteiger partial charge in [-0.05, 0) is 36.1 Å². The standard InChI is InChI=1S/C19H21N3S/c1-12(2)14-4-6-15(7-5-14)19-16(11-17(20)23)22-9-8-13(3)10-18(22)21-19/h4-10,12H,11H2,1-3H3,(H2,20,23). The molecular weight excluding hydrogens is 302 g/mol. The summed E-state index contributed by atoms with van der Waals surface area (Å²) in [5.74, 6) is 0.517. The minimum atomic E-state index is 0.479. The van der Waals surface area contributed by atoms with Gasteiger partial charge in [0.05, 0.1) is 16.4 Å². The molecule has 0 aliphatic heterocycles. The third kappa shape index (κ3) is 3.13. The summed E-state index contributed by atoms with van der Waals surface area (Å²) in [4.78, 5) is 5.30. The molecule has 118 valence electrons. The van der Waals surface area contributed by atoms with Gasteiger partial charge in [0, 0.05) is 18.2 Å².